The Morgan fingerprint density at radius 2 is 2.06 bits per heavy atom. The summed E-state index contributed by atoms with van der Waals surface area (Å²) < 4.78 is 36.0. The zero-order chi connectivity index (χ0) is 21.5. The van der Waals surface area contributed by atoms with E-state index in [1.54, 1.807) is 38.3 Å². The second kappa shape index (κ2) is 7.70. The smallest absolute Gasteiger partial charge is 0.342 e. The van der Waals surface area contributed by atoms with Crippen LogP contribution in [0.5, 0.6) is 5.75 Å². The molecule has 3 heterocycles. The number of rotatable bonds is 5. The van der Waals surface area contributed by atoms with E-state index in [2.05, 4.69) is 5.16 Å². The zero-order valence-electron chi connectivity index (χ0n) is 17.0. The molecule has 5 rings (SSSR count). The first kappa shape index (κ1) is 19.6. The number of benzene rings is 2. The van der Waals surface area contributed by atoms with Crippen LogP contribution in [0.25, 0.3) is 22.3 Å². The van der Waals surface area contributed by atoms with Gasteiger partial charge in [-0.2, -0.15) is 0 Å². The molecule has 8 heteroatoms. The normalized spacial score (nSPS) is 19.8. The van der Waals surface area contributed by atoms with Crippen molar-refractivity contribution < 1.29 is 32.7 Å². The van der Waals surface area contributed by atoms with Gasteiger partial charge in [-0.25, -0.2) is 9.18 Å². The highest BCUT2D eigenvalue weighted by molar-refractivity contribution is 6.13. The number of carbonyl (C=O) groups excluding carboxylic acids is 1. The number of hydrogen-bond acceptors (Lipinski definition) is 7. The molecule has 0 N–H and O–H groups in total. The van der Waals surface area contributed by atoms with Crippen LogP contribution < -0.4 is 4.74 Å². The van der Waals surface area contributed by atoms with E-state index in [1.807, 2.05) is 0 Å². The van der Waals surface area contributed by atoms with Crippen LogP contribution in [0.2, 0.25) is 0 Å². The van der Waals surface area contributed by atoms with Crippen molar-refractivity contribution in [2.45, 2.75) is 19.6 Å². The summed E-state index contributed by atoms with van der Waals surface area (Å²) in [4.78, 5) is 18.2. The molecule has 0 saturated carbocycles. The number of esters is 1. The quantitative estimate of drug-likeness (QED) is 0.559. The number of hydrogen-bond donors (Lipinski definition) is 0. The molecule has 1 fully saturated rings. The van der Waals surface area contributed by atoms with Crippen molar-refractivity contribution in [3.8, 4) is 17.1 Å². The van der Waals surface area contributed by atoms with E-state index in [0.29, 0.717) is 40.2 Å². The van der Waals surface area contributed by atoms with Crippen LogP contribution in [0, 0.1) is 11.7 Å². The van der Waals surface area contributed by atoms with Crippen LogP contribution in [0.3, 0.4) is 0 Å². The summed E-state index contributed by atoms with van der Waals surface area (Å²) in [6.07, 6.45) is 0.398. The second-order valence-electron chi connectivity index (χ2n) is 7.30. The van der Waals surface area contributed by atoms with Gasteiger partial charge < -0.3 is 23.5 Å². The van der Waals surface area contributed by atoms with Crippen molar-refractivity contribution in [2.24, 2.45) is 11.1 Å². The van der Waals surface area contributed by atoms with Crippen molar-refractivity contribution >= 4 is 22.7 Å². The Morgan fingerprint density at radius 3 is 2.81 bits per heavy atom. The number of fused-ring (bicyclic) bond motifs is 2. The molecule has 2 aliphatic heterocycles. The van der Waals surface area contributed by atoms with Crippen LogP contribution >= 0.6 is 0 Å². The lowest BCUT2D eigenvalue weighted by Gasteiger charge is -2.11. The van der Waals surface area contributed by atoms with Gasteiger partial charge in [0.05, 0.1) is 26.2 Å². The maximum atomic E-state index is 13.4. The lowest BCUT2D eigenvalue weighted by atomic mass is 9.93. The molecule has 2 atom stereocenters. The molecule has 31 heavy (non-hydrogen) atoms. The van der Waals surface area contributed by atoms with Crippen molar-refractivity contribution in [1.29, 1.82) is 0 Å². The molecule has 0 bridgehead atoms. The third-order valence-electron chi connectivity index (χ3n) is 5.52. The zero-order valence-corrected chi connectivity index (χ0v) is 17.0. The molecule has 0 aliphatic carbocycles. The number of carbonyl (C=O) groups is 1. The van der Waals surface area contributed by atoms with Gasteiger partial charge in [0.15, 0.2) is 0 Å². The number of furan rings is 1. The van der Waals surface area contributed by atoms with Gasteiger partial charge in [-0.05, 0) is 49.7 Å². The number of ether oxygens (including phenoxy) is 3. The first-order chi connectivity index (χ1) is 15.1. The Balaban J connectivity index is 1.70. The molecule has 2 aliphatic rings. The minimum atomic E-state index is -0.527. The molecule has 1 saturated heterocycles. The van der Waals surface area contributed by atoms with Gasteiger partial charge in [-0.15, -0.1) is 0 Å². The lowest BCUT2D eigenvalue weighted by molar-refractivity contribution is -0.106. The Morgan fingerprint density at radius 1 is 1.26 bits per heavy atom. The Labute approximate surface area is 177 Å². The highest BCUT2D eigenvalue weighted by atomic mass is 19.1. The molecular formula is C23H20FNO6. The van der Waals surface area contributed by atoms with Gasteiger partial charge >= 0.3 is 5.97 Å². The number of methoxy groups -OCH3 is 1. The van der Waals surface area contributed by atoms with Crippen molar-refractivity contribution in [2.75, 3.05) is 20.3 Å². The van der Waals surface area contributed by atoms with Crippen molar-refractivity contribution in [3.05, 3.63) is 53.3 Å². The van der Waals surface area contributed by atoms with E-state index >= 15 is 0 Å². The fourth-order valence-corrected chi connectivity index (χ4v) is 4.06. The molecule has 0 amide bonds. The van der Waals surface area contributed by atoms with Crippen molar-refractivity contribution in [1.82, 2.24) is 0 Å². The van der Waals surface area contributed by atoms with Crippen molar-refractivity contribution in [3.63, 3.8) is 0 Å². The topological polar surface area (TPSA) is 79.5 Å². The molecule has 0 spiro atoms. The Bertz CT molecular complexity index is 1180. The van der Waals surface area contributed by atoms with Gasteiger partial charge in [-0.3, -0.25) is 0 Å². The van der Waals surface area contributed by atoms with E-state index in [4.69, 9.17) is 23.5 Å². The van der Waals surface area contributed by atoms with E-state index < -0.39 is 12.3 Å². The van der Waals surface area contributed by atoms with E-state index in [-0.39, 0.29) is 23.9 Å². The Kier molecular flexibility index (Phi) is 4.86. The van der Waals surface area contributed by atoms with E-state index in [0.717, 1.165) is 12.1 Å². The first-order valence-electron chi connectivity index (χ1n) is 10.0. The fourth-order valence-electron chi connectivity index (χ4n) is 4.06. The summed E-state index contributed by atoms with van der Waals surface area (Å²) in [5.41, 5.74) is 2.72. The van der Waals surface area contributed by atoms with Crippen LogP contribution in [0.4, 0.5) is 4.39 Å². The van der Waals surface area contributed by atoms with Crippen LogP contribution in [0.1, 0.15) is 29.3 Å². The van der Waals surface area contributed by atoms with Gasteiger partial charge in [-0.1, -0.05) is 5.16 Å². The summed E-state index contributed by atoms with van der Waals surface area (Å²) in [5.74, 6) is -0.0728. The third kappa shape index (κ3) is 3.23. The predicted molar refractivity (Wildman–Crippen MR) is 110 cm³/mol. The standard InChI is InChI=1S/C23H20FNO6/c1-3-28-22(26)19-15-10-17(27-2)16(20-14-8-9-29-23(14)31-25-20)11-18(15)30-21(19)12-4-6-13(24)7-5-12/h4-7,10-11,14,23H,3,8-9H2,1-2H3. The number of halogens is 1. The van der Waals surface area contributed by atoms with Gasteiger partial charge in [0, 0.05) is 16.5 Å². The van der Waals surface area contributed by atoms with Crippen LogP contribution in [-0.4, -0.2) is 38.3 Å². The minimum absolute atomic E-state index is 0.00223. The largest absolute Gasteiger partial charge is 0.496 e. The molecule has 2 unspecified atom stereocenters. The minimum Gasteiger partial charge on any atom is -0.496 e. The average Bonchev–Trinajstić information content (AvgIpc) is 3.47. The monoisotopic (exact) mass is 425 g/mol. The summed E-state index contributed by atoms with van der Waals surface area (Å²) >= 11 is 0. The van der Waals surface area contributed by atoms with Crippen LogP contribution in [0.15, 0.2) is 46.0 Å². The summed E-state index contributed by atoms with van der Waals surface area (Å²) in [6.45, 7) is 2.54. The third-order valence-corrected chi connectivity index (χ3v) is 5.52. The van der Waals surface area contributed by atoms with Gasteiger partial charge in [0.2, 0.25) is 6.29 Å². The van der Waals surface area contributed by atoms with E-state index in [1.165, 1.54) is 12.1 Å². The number of nitrogens with zero attached hydrogens (tertiary/aromatic N) is 1. The SMILES string of the molecule is CCOC(=O)c1c(-c2ccc(F)cc2)oc2cc(C3=NOC4OCCC34)c(OC)cc12. The second-order valence-corrected chi connectivity index (χ2v) is 7.30. The summed E-state index contributed by atoms with van der Waals surface area (Å²) in [7, 11) is 1.55. The highest BCUT2D eigenvalue weighted by Crippen LogP contribution is 2.40. The Hall–Kier alpha value is -3.39. The summed E-state index contributed by atoms with van der Waals surface area (Å²) in [6, 6.07) is 9.26. The summed E-state index contributed by atoms with van der Waals surface area (Å²) in [5, 5.41) is 4.74. The molecule has 2 aromatic carbocycles. The van der Waals surface area contributed by atoms with E-state index in [9.17, 15) is 9.18 Å². The molecular weight excluding hydrogens is 405 g/mol. The molecule has 160 valence electrons. The predicted octanol–water partition coefficient (Wildman–Crippen LogP) is 4.52. The highest BCUT2D eigenvalue weighted by Gasteiger charge is 2.41. The number of oxime groups is 1. The van der Waals surface area contributed by atoms with Crippen LogP contribution in [-0.2, 0) is 14.3 Å². The lowest BCUT2D eigenvalue weighted by Crippen LogP contribution is -2.19. The molecule has 3 aromatic rings. The maximum Gasteiger partial charge on any atom is 0.342 e. The fraction of sp³-hybridized carbons (Fsp3) is 0.304. The van der Waals surface area contributed by atoms with Gasteiger partial charge in [0.25, 0.3) is 0 Å². The molecule has 7 nitrogen and oxygen atoms in total. The van der Waals surface area contributed by atoms with Gasteiger partial charge in [0.1, 0.15) is 34.2 Å². The first-order valence-corrected chi connectivity index (χ1v) is 10.0. The maximum absolute atomic E-state index is 13.4. The molecule has 1 aromatic heterocycles. The molecule has 0 radical (unpaired) electrons. The average molecular weight is 425 g/mol.